The summed E-state index contributed by atoms with van der Waals surface area (Å²) in [4.78, 5) is 25.3. The van der Waals surface area contributed by atoms with Gasteiger partial charge in [-0.05, 0) is 24.3 Å². The fourth-order valence-corrected chi connectivity index (χ4v) is 2.59. The highest BCUT2D eigenvalue weighted by Crippen LogP contribution is 2.24. The van der Waals surface area contributed by atoms with Gasteiger partial charge in [0, 0.05) is 49.3 Å². The van der Waals surface area contributed by atoms with Crippen LogP contribution in [0.2, 0.25) is 0 Å². The van der Waals surface area contributed by atoms with Gasteiger partial charge in [0.2, 0.25) is 0 Å². The van der Waals surface area contributed by atoms with Crippen LogP contribution in [-0.2, 0) is 0 Å². The summed E-state index contributed by atoms with van der Waals surface area (Å²) in [6, 6.07) is 9.50. The van der Waals surface area contributed by atoms with Gasteiger partial charge in [0.25, 0.3) is 5.95 Å². The number of carbonyl (C=O) groups is 1. The Kier molecular flexibility index (Phi) is 7.11. The number of benzene rings is 1. The molecule has 0 unspecified atom stereocenters. The molecule has 26 heavy (non-hydrogen) atoms. The second kappa shape index (κ2) is 9.30. The van der Waals surface area contributed by atoms with E-state index < -0.39 is 16.9 Å². The third kappa shape index (κ3) is 5.03. The van der Waals surface area contributed by atoms with Gasteiger partial charge in [-0.3, -0.25) is 15.0 Å². The average Bonchev–Trinajstić information content (AvgIpc) is 3.10. The Morgan fingerprint density at radius 2 is 1.69 bits per heavy atom. The molecule has 0 aliphatic rings. The van der Waals surface area contributed by atoms with Gasteiger partial charge in [-0.25, -0.2) is 4.79 Å². The molecular formula is C16H17Cl2N3O5. The van der Waals surface area contributed by atoms with E-state index in [1.807, 2.05) is 17.0 Å². The molecule has 140 valence electrons. The van der Waals surface area contributed by atoms with Crippen molar-refractivity contribution in [2.75, 3.05) is 41.7 Å². The van der Waals surface area contributed by atoms with E-state index in [1.54, 1.807) is 12.1 Å². The van der Waals surface area contributed by atoms with Crippen LogP contribution in [-0.4, -0.2) is 42.9 Å². The van der Waals surface area contributed by atoms with Crippen molar-refractivity contribution in [3.63, 3.8) is 0 Å². The smallest absolute Gasteiger partial charge is 0.375 e. The van der Waals surface area contributed by atoms with Gasteiger partial charge in [0.15, 0.2) is 0 Å². The lowest BCUT2D eigenvalue weighted by Gasteiger charge is -2.24. The van der Waals surface area contributed by atoms with Crippen molar-refractivity contribution in [3.05, 3.63) is 46.5 Å². The van der Waals surface area contributed by atoms with Crippen molar-refractivity contribution in [2.45, 2.75) is 0 Å². The van der Waals surface area contributed by atoms with Gasteiger partial charge in [-0.15, -0.1) is 23.2 Å². The largest absolute Gasteiger partial charge is 0.436 e. The lowest BCUT2D eigenvalue weighted by molar-refractivity contribution is -0.402. The Morgan fingerprint density at radius 1 is 1.12 bits per heavy atom. The molecule has 10 heteroatoms. The van der Waals surface area contributed by atoms with Gasteiger partial charge in [-0.1, -0.05) is 0 Å². The van der Waals surface area contributed by atoms with Crippen LogP contribution in [0.3, 0.4) is 0 Å². The fraction of sp³-hybridized carbons (Fsp3) is 0.312. The predicted molar refractivity (Wildman–Crippen MR) is 99.9 cm³/mol. The summed E-state index contributed by atoms with van der Waals surface area (Å²) in [6.07, 6.45) is -0.736. The van der Waals surface area contributed by atoms with Gasteiger partial charge >= 0.3 is 12.0 Å². The number of halogens is 2. The Labute approximate surface area is 160 Å². The zero-order chi connectivity index (χ0) is 19.1. The number of nitrogens with zero attached hydrogens (tertiary/aromatic N) is 3. The average molecular weight is 402 g/mol. The van der Waals surface area contributed by atoms with Crippen molar-refractivity contribution in [3.8, 4) is 5.95 Å². The lowest BCUT2D eigenvalue weighted by Crippen LogP contribution is -2.30. The number of carbonyl (C=O) groups excluding carboxylic acids is 1. The van der Waals surface area contributed by atoms with Crippen molar-refractivity contribution in [1.82, 2.24) is 0 Å². The number of ether oxygens (including phenoxy) is 1. The van der Waals surface area contributed by atoms with Crippen LogP contribution < -0.4 is 14.5 Å². The van der Waals surface area contributed by atoms with E-state index in [4.69, 9.17) is 32.4 Å². The molecule has 1 aromatic carbocycles. The zero-order valence-corrected chi connectivity index (χ0v) is 15.4. The van der Waals surface area contributed by atoms with E-state index >= 15 is 0 Å². The molecule has 2 rings (SSSR count). The van der Waals surface area contributed by atoms with Crippen molar-refractivity contribution in [2.24, 2.45) is 0 Å². The van der Waals surface area contributed by atoms with Gasteiger partial charge in [0.1, 0.15) is 4.92 Å². The summed E-state index contributed by atoms with van der Waals surface area (Å²) in [6.45, 7) is 1.31. The molecule has 0 spiro atoms. The summed E-state index contributed by atoms with van der Waals surface area (Å²) >= 11 is 11.6. The third-order valence-corrected chi connectivity index (χ3v) is 3.86. The standard InChI is InChI=1S/C16H17Cl2N3O5/c1-19(16(22)26-15-7-6-14(25-15)21(23)24)12-2-4-13(5-3-12)20(10-8-17)11-9-18/h2-7H,8-11H2,1H3. The zero-order valence-electron chi connectivity index (χ0n) is 13.9. The summed E-state index contributed by atoms with van der Waals surface area (Å²) in [7, 11) is 1.52. The SMILES string of the molecule is CN(C(=O)Oc1ccc([N+](=O)[O-])o1)c1ccc(N(CCCl)CCCl)cc1. The minimum atomic E-state index is -0.736. The first-order chi connectivity index (χ1) is 12.5. The quantitative estimate of drug-likeness (QED) is 0.375. The van der Waals surface area contributed by atoms with E-state index in [0.717, 1.165) is 11.8 Å². The molecule has 0 radical (unpaired) electrons. The predicted octanol–water partition coefficient (Wildman–Crippen LogP) is 4.11. The number of anilines is 2. The van der Waals surface area contributed by atoms with E-state index in [1.165, 1.54) is 18.0 Å². The molecule has 0 saturated carbocycles. The molecule has 1 amide bonds. The monoisotopic (exact) mass is 401 g/mol. The molecular weight excluding hydrogens is 385 g/mol. The van der Waals surface area contributed by atoms with Crippen LogP contribution >= 0.6 is 23.2 Å². The molecule has 0 bridgehead atoms. The van der Waals surface area contributed by atoms with Crippen LogP contribution in [0, 0.1) is 10.1 Å². The first kappa shape index (κ1) is 19.9. The van der Waals surface area contributed by atoms with E-state index in [-0.39, 0.29) is 5.95 Å². The van der Waals surface area contributed by atoms with E-state index in [2.05, 4.69) is 0 Å². The third-order valence-electron chi connectivity index (χ3n) is 3.52. The molecule has 0 saturated heterocycles. The van der Waals surface area contributed by atoms with E-state index in [0.29, 0.717) is 30.5 Å². The molecule has 8 nitrogen and oxygen atoms in total. The van der Waals surface area contributed by atoms with E-state index in [9.17, 15) is 14.9 Å². The molecule has 1 aromatic heterocycles. The van der Waals surface area contributed by atoms with Gasteiger partial charge in [0.05, 0.1) is 6.07 Å². The molecule has 0 atom stereocenters. The van der Waals surface area contributed by atoms with Crippen LogP contribution in [0.1, 0.15) is 0 Å². The first-order valence-corrected chi connectivity index (χ1v) is 8.70. The Balaban J connectivity index is 2.04. The number of furan rings is 1. The minimum absolute atomic E-state index is 0.249. The van der Waals surface area contributed by atoms with Gasteiger partial charge in [-0.2, -0.15) is 0 Å². The highest BCUT2D eigenvalue weighted by Gasteiger charge is 2.19. The molecule has 0 N–H and O–H groups in total. The Hall–Kier alpha value is -2.45. The number of nitro groups is 1. The van der Waals surface area contributed by atoms with Crippen molar-refractivity contribution < 1.29 is 18.9 Å². The van der Waals surface area contributed by atoms with Crippen molar-refractivity contribution in [1.29, 1.82) is 0 Å². The number of alkyl halides is 2. The lowest BCUT2D eigenvalue weighted by atomic mass is 10.2. The summed E-state index contributed by atoms with van der Waals surface area (Å²) in [5.41, 5.74) is 1.51. The highest BCUT2D eigenvalue weighted by atomic mass is 35.5. The van der Waals surface area contributed by atoms with Crippen LogP contribution in [0.15, 0.2) is 40.8 Å². The number of hydrogen-bond donors (Lipinski definition) is 0. The Bertz CT molecular complexity index is 745. The summed E-state index contributed by atoms with van der Waals surface area (Å²) in [5, 5.41) is 10.6. The first-order valence-electron chi connectivity index (χ1n) is 7.63. The number of rotatable bonds is 8. The van der Waals surface area contributed by atoms with Crippen LogP contribution in [0.5, 0.6) is 5.95 Å². The summed E-state index contributed by atoms with van der Waals surface area (Å²) in [5.74, 6) is 0.194. The van der Waals surface area contributed by atoms with Gasteiger partial charge < -0.3 is 14.1 Å². The maximum atomic E-state index is 12.1. The molecule has 0 fully saturated rings. The molecule has 0 aliphatic heterocycles. The maximum Gasteiger partial charge on any atom is 0.436 e. The molecule has 1 heterocycles. The maximum absolute atomic E-state index is 12.1. The Morgan fingerprint density at radius 3 is 2.19 bits per heavy atom. The molecule has 0 aliphatic carbocycles. The normalized spacial score (nSPS) is 10.4. The van der Waals surface area contributed by atoms with Crippen LogP contribution in [0.25, 0.3) is 0 Å². The second-order valence-electron chi connectivity index (χ2n) is 5.16. The fourth-order valence-electron chi connectivity index (χ4n) is 2.18. The summed E-state index contributed by atoms with van der Waals surface area (Å²) < 4.78 is 9.79. The molecule has 2 aromatic rings. The minimum Gasteiger partial charge on any atom is -0.375 e. The number of hydrogen-bond acceptors (Lipinski definition) is 6. The number of amides is 1. The topological polar surface area (TPSA) is 89.1 Å². The van der Waals surface area contributed by atoms with Crippen LogP contribution in [0.4, 0.5) is 22.1 Å². The van der Waals surface area contributed by atoms with Crippen molar-refractivity contribution >= 4 is 46.6 Å². The second-order valence-corrected chi connectivity index (χ2v) is 5.91. The highest BCUT2D eigenvalue weighted by molar-refractivity contribution is 6.18.